The fraction of sp³-hybridized carbons (Fsp3) is 0.545. The lowest BCUT2D eigenvalue weighted by Crippen LogP contribution is -2.46. The summed E-state index contributed by atoms with van der Waals surface area (Å²) in [5, 5.41) is 67.1. The molecule has 0 aliphatic carbocycles. The van der Waals surface area contributed by atoms with Crippen molar-refractivity contribution >= 4 is 40.3 Å². The molecule has 1 fully saturated rings. The minimum atomic E-state index is -2.04. The first-order valence-electron chi connectivity index (χ1n) is 20.2. The van der Waals surface area contributed by atoms with Crippen LogP contribution in [0.15, 0.2) is 41.2 Å². The standard InChI is InChI=1S/C44H59N3O12/c1-22-15-14-16-23(2)43(55)46-34-29(21-45-47-18-12-10-11-13-19-47)38(52)31-32(39(34)53)37(51)27(6)41-33(31)42(54)44(8,59-41)57-20-17-30(56-9)24(3)40(58-28(7)48)26(5)36(50)25(4)35(22)49/h14-17,20-22,24-26,30,35-36,40,49-53H,10-13,18-19H2,1-9H3,(H,46,55)/b15-14+,20-17+,23-16-,45-21?/t22-,24-,25-,26-,30+,35+,36+,40-,44+/m1/s1. The Hall–Kier alpha value is -5.12. The molecule has 6 N–H and O–H groups in total. The molecule has 0 aromatic heterocycles. The highest BCUT2D eigenvalue weighted by Crippen LogP contribution is 2.55. The highest BCUT2D eigenvalue weighted by molar-refractivity contribution is 6.23. The van der Waals surface area contributed by atoms with Gasteiger partial charge in [-0.3, -0.25) is 19.4 Å². The molecule has 4 aliphatic heterocycles. The van der Waals surface area contributed by atoms with E-state index in [4.69, 9.17) is 18.9 Å². The number of esters is 1. The van der Waals surface area contributed by atoms with E-state index >= 15 is 0 Å². The number of phenolic OH excluding ortho intramolecular Hbond substituents is 3. The molecule has 0 spiro atoms. The van der Waals surface area contributed by atoms with Gasteiger partial charge >= 0.3 is 11.8 Å². The number of hydrogen-bond acceptors (Lipinski definition) is 14. The minimum Gasteiger partial charge on any atom is -0.507 e. The molecule has 4 heterocycles. The molecular weight excluding hydrogens is 762 g/mol. The van der Waals surface area contributed by atoms with Gasteiger partial charge in [0.1, 0.15) is 23.4 Å². The zero-order chi connectivity index (χ0) is 43.5. The van der Waals surface area contributed by atoms with Crippen molar-refractivity contribution in [2.45, 2.75) is 111 Å². The highest BCUT2D eigenvalue weighted by Gasteiger charge is 2.50. The molecule has 5 bridgehead atoms. The zero-order valence-corrected chi connectivity index (χ0v) is 35.3. The van der Waals surface area contributed by atoms with Gasteiger partial charge in [-0.05, 0) is 32.8 Å². The van der Waals surface area contributed by atoms with Gasteiger partial charge in [-0.25, -0.2) is 0 Å². The van der Waals surface area contributed by atoms with E-state index in [0.29, 0.717) is 13.1 Å². The summed E-state index contributed by atoms with van der Waals surface area (Å²) in [5.74, 6) is -8.26. The molecule has 15 heteroatoms. The Balaban J connectivity index is 1.71. The predicted molar refractivity (Wildman–Crippen MR) is 221 cm³/mol. The molecule has 2 aromatic carbocycles. The number of anilines is 1. The average Bonchev–Trinajstić information content (AvgIpc) is 3.33. The number of aliphatic hydroxyl groups excluding tert-OH is 2. The molecule has 1 amide bonds. The number of fused-ring (bicyclic) bond motifs is 14. The quantitative estimate of drug-likeness (QED) is 0.0909. The predicted octanol–water partition coefficient (Wildman–Crippen LogP) is 5.96. The van der Waals surface area contributed by atoms with E-state index in [-0.39, 0.29) is 44.5 Å². The van der Waals surface area contributed by atoms with Gasteiger partial charge in [-0.1, -0.05) is 58.8 Å². The van der Waals surface area contributed by atoms with Gasteiger partial charge in [0.05, 0.1) is 53.0 Å². The van der Waals surface area contributed by atoms with E-state index in [2.05, 4.69) is 10.4 Å². The summed E-state index contributed by atoms with van der Waals surface area (Å²) in [4.78, 5) is 40.5. The summed E-state index contributed by atoms with van der Waals surface area (Å²) in [6.45, 7) is 13.9. The SMILES string of the molecule is CO[C@H]1/C=C/O[C@@]2(C)Oc3c(C)c(O)c4c(O)c(c(C=NN5CCCCCC5)c(O)c4c3C2=O)NC(=O)/C(C)=C\C=C\[C@@H](C)[C@H](O)[C@@H](C)[C@H](O)[C@@H](C)[C@H](OC(C)=O)[C@@H]1C. The first kappa shape index (κ1) is 45.0. The van der Waals surface area contributed by atoms with E-state index in [1.807, 2.05) is 5.01 Å². The summed E-state index contributed by atoms with van der Waals surface area (Å²) >= 11 is 0. The Morgan fingerprint density at radius 1 is 0.932 bits per heavy atom. The number of aromatic hydroxyl groups is 3. The number of amides is 1. The lowest BCUT2D eigenvalue weighted by molar-refractivity contribution is -0.160. The number of hydrogen-bond donors (Lipinski definition) is 6. The lowest BCUT2D eigenvalue weighted by atomic mass is 9.78. The van der Waals surface area contributed by atoms with E-state index in [1.54, 1.807) is 39.8 Å². The lowest BCUT2D eigenvalue weighted by Gasteiger charge is -2.38. The van der Waals surface area contributed by atoms with Crippen LogP contribution in [0.3, 0.4) is 0 Å². The van der Waals surface area contributed by atoms with Gasteiger partial charge in [0.15, 0.2) is 5.75 Å². The number of methoxy groups -OCH3 is 1. The Kier molecular flexibility index (Phi) is 14.0. The summed E-state index contributed by atoms with van der Waals surface area (Å²) in [6.07, 6.45) is 8.81. The Labute approximate surface area is 345 Å². The molecule has 6 rings (SSSR count). The van der Waals surface area contributed by atoms with Gasteiger partial charge in [0.2, 0.25) is 0 Å². The highest BCUT2D eigenvalue weighted by atomic mass is 16.7. The van der Waals surface area contributed by atoms with Crippen molar-refractivity contribution in [1.29, 1.82) is 0 Å². The number of hydrazone groups is 1. The topological polar surface area (TPSA) is 217 Å². The molecular formula is C44H59N3O12. The number of ketones is 1. The zero-order valence-electron chi connectivity index (χ0n) is 35.3. The third kappa shape index (κ3) is 9.07. The van der Waals surface area contributed by atoms with Crippen molar-refractivity contribution in [2.24, 2.45) is 28.8 Å². The van der Waals surface area contributed by atoms with Crippen LogP contribution in [0.4, 0.5) is 5.69 Å². The molecule has 322 valence electrons. The van der Waals surface area contributed by atoms with Crippen LogP contribution in [0.1, 0.15) is 95.6 Å². The van der Waals surface area contributed by atoms with Crippen LogP contribution in [0.5, 0.6) is 23.0 Å². The molecule has 0 saturated carbocycles. The van der Waals surface area contributed by atoms with E-state index in [0.717, 1.165) is 25.7 Å². The number of carbonyl (C=O) groups is 3. The minimum absolute atomic E-state index is 0.0625. The van der Waals surface area contributed by atoms with Gasteiger partial charge in [0, 0.05) is 74.2 Å². The maximum atomic E-state index is 14.4. The number of benzene rings is 2. The van der Waals surface area contributed by atoms with Crippen LogP contribution in [0.2, 0.25) is 0 Å². The van der Waals surface area contributed by atoms with Gasteiger partial charge in [-0.15, -0.1) is 0 Å². The van der Waals surface area contributed by atoms with Gasteiger partial charge in [-0.2, -0.15) is 5.10 Å². The largest absolute Gasteiger partial charge is 0.507 e. The van der Waals surface area contributed by atoms with Crippen LogP contribution >= 0.6 is 0 Å². The number of rotatable bonds is 4. The first-order chi connectivity index (χ1) is 27.8. The van der Waals surface area contributed by atoms with E-state index in [1.165, 1.54) is 59.4 Å². The summed E-state index contributed by atoms with van der Waals surface area (Å²) in [6, 6.07) is 0. The second kappa shape index (κ2) is 18.4. The number of Topliss-reactive ketones (excluding diaryl/α,β-unsaturated/α-hetero) is 1. The Morgan fingerprint density at radius 3 is 2.22 bits per heavy atom. The number of aliphatic hydroxyl groups is 2. The van der Waals surface area contributed by atoms with Crippen LogP contribution < -0.4 is 10.1 Å². The monoisotopic (exact) mass is 821 g/mol. The fourth-order valence-electron chi connectivity index (χ4n) is 8.18. The molecule has 15 nitrogen and oxygen atoms in total. The summed E-state index contributed by atoms with van der Waals surface area (Å²) in [5.41, 5.74) is -0.293. The molecule has 0 unspecified atom stereocenters. The normalized spacial score (nSPS) is 31.9. The molecule has 2 aromatic rings. The fourth-order valence-corrected chi connectivity index (χ4v) is 8.18. The summed E-state index contributed by atoms with van der Waals surface area (Å²) < 4.78 is 23.6. The van der Waals surface area contributed by atoms with Crippen molar-refractivity contribution in [3.05, 3.63) is 52.8 Å². The van der Waals surface area contributed by atoms with Crippen LogP contribution in [-0.4, -0.2) is 105 Å². The van der Waals surface area contributed by atoms with Crippen molar-refractivity contribution in [2.75, 3.05) is 25.5 Å². The maximum absolute atomic E-state index is 14.4. The van der Waals surface area contributed by atoms with Crippen LogP contribution in [-0.2, 0) is 23.8 Å². The number of nitrogens with one attached hydrogen (secondary N) is 1. The molecule has 9 atom stereocenters. The average molecular weight is 822 g/mol. The van der Waals surface area contributed by atoms with Crippen molar-refractivity contribution in [3.63, 3.8) is 0 Å². The Bertz CT molecular complexity index is 2050. The number of ether oxygens (including phenoxy) is 4. The smallest absolute Gasteiger partial charge is 0.312 e. The first-order valence-corrected chi connectivity index (χ1v) is 20.2. The van der Waals surface area contributed by atoms with E-state index in [9.17, 15) is 39.9 Å². The van der Waals surface area contributed by atoms with Crippen molar-refractivity contribution in [1.82, 2.24) is 5.01 Å². The molecule has 4 aliphatic rings. The molecule has 0 radical (unpaired) electrons. The molecule has 59 heavy (non-hydrogen) atoms. The van der Waals surface area contributed by atoms with Crippen molar-refractivity contribution in [3.8, 4) is 23.0 Å². The van der Waals surface area contributed by atoms with Crippen LogP contribution in [0.25, 0.3) is 10.8 Å². The number of phenols is 3. The second-order valence-electron chi connectivity index (χ2n) is 16.2. The summed E-state index contributed by atoms with van der Waals surface area (Å²) in [7, 11) is 1.44. The number of carbonyl (C=O) groups excluding carboxylic acids is 3. The van der Waals surface area contributed by atoms with Gasteiger partial charge in [0.25, 0.3) is 11.7 Å². The van der Waals surface area contributed by atoms with Crippen molar-refractivity contribution < 1.29 is 58.9 Å². The maximum Gasteiger partial charge on any atom is 0.312 e. The Morgan fingerprint density at radius 2 is 1.59 bits per heavy atom. The number of allylic oxidation sites excluding steroid dienone is 2. The molecule has 1 saturated heterocycles. The number of nitrogens with zero attached hydrogens (tertiary/aromatic N) is 2. The van der Waals surface area contributed by atoms with Crippen LogP contribution in [0, 0.1) is 30.6 Å². The van der Waals surface area contributed by atoms with E-state index < -0.39 is 88.8 Å². The third-order valence-corrected chi connectivity index (χ3v) is 12.0. The second-order valence-corrected chi connectivity index (χ2v) is 16.2. The third-order valence-electron chi connectivity index (χ3n) is 12.0. The van der Waals surface area contributed by atoms with Gasteiger partial charge < -0.3 is 49.8 Å².